The number of hydrogen-bond donors (Lipinski definition) is 3. The van der Waals surface area contributed by atoms with Gasteiger partial charge >= 0.3 is 12.2 Å². The highest BCUT2D eigenvalue weighted by Crippen LogP contribution is 2.34. The molecule has 1 aliphatic rings. The van der Waals surface area contributed by atoms with Crippen LogP contribution in [0.15, 0.2) is 48.7 Å². The molecule has 0 radical (unpaired) electrons. The van der Waals surface area contributed by atoms with Gasteiger partial charge in [0.25, 0.3) is 5.91 Å². The van der Waals surface area contributed by atoms with Crippen molar-refractivity contribution in [3.8, 4) is 0 Å². The zero-order chi connectivity index (χ0) is 26.9. The van der Waals surface area contributed by atoms with Gasteiger partial charge in [0.15, 0.2) is 0 Å². The number of aliphatic hydroxyl groups excluding tert-OH is 1. The van der Waals surface area contributed by atoms with Crippen molar-refractivity contribution in [2.24, 2.45) is 0 Å². The van der Waals surface area contributed by atoms with Gasteiger partial charge in [0.2, 0.25) is 5.95 Å². The van der Waals surface area contributed by atoms with Gasteiger partial charge in [-0.25, -0.2) is 9.78 Å². The van der Waals surface area contributed by atoms with Gasteiger partial charge in [-0.05, 0) is 49.7 Å². The molecule has 4 rings (SSSR count). The Kier molecular flexibility index (Phi) is 7.03. The number of alkyl halides is 3. The van der Waals surface area contributed by atoms with Gasteiger partial charge in [-0.2, -0.15) is 18.2 Å². The number of aryl methyl sites for hydroxylation is 1. The molecule has 0 aliphatic carbocycles. The number of carbonyl (C=O) groups excluding carboxylic acids is 2. The molecule has 194 valence electrons. The summed E-state index contributed by atoms with van der Waals surface area (Å²) in [6.07, 6.45) is -2.97. The molecule has 2 heterocycles. The SMILES string of the molecule is Cc1ccc(NC(=O)c2cccc(C(F)(F)F)c2)cc1N1Cc2cnc(NC(C)CO)nc2N(C)C1=O. The highest BCUT2D eigenvalue weighted by molar-refractivity contribution is 6.07. The Hall–Kier alpha value is -4.19. The van der Waals surface area contributed by atoms with Crippen molar-refractivity contribution in [3.05, 3.63) is 70.9 Å². The van der Waals surface area contributed by atoms with Gasteiger partial charge in [0.05, 0.1) is 24.4 Å². The number of halogens is 3. The maximum absolute atomic E-state index is 13.3. The monoisotopic (exact) mass is 514 g/mol. The number of nitrogens with one attached hydrogen (secondary N) is 2. The van der Waals surface area contributed by atoms with Crippen LogP contribution in [-0.4, -0.2) is 46.7 Å². The summed E-state index contributed by atoms with van der Waals surface area (Å²) >= 11 is 0. The first-order chi connectivity index (χ1) is 17.5. The first kappa shape index (κ1) is 25.9. The van der Waals surface area contributed by atoms with Crippen LogP contribution >= 0.6 is 0 Å². The van der Waals surface area contributed by atoms with E-state index in [1.165, 1.54) is 21.9 Å². The summed E-state index contributed by atoms with van der Waals surface area (Å²) in [5.41, 5.74) is 1.20. The third-order valence-corrected chi connectivity index (χ3v) is 5.86. The van der Waals surface area contributed by atoms with Crippen molar-refractivity contribution in [1.82, 2.24) is 9.97 Å². The fourth-order valence-electron chi connectivity index (χ4n) is 3.85. The molecule has 3 aromatic rings. The number of fused-ring (bicyclic) bond motifs is 1. The van der Waals surface area contributed by atoms with Crippen molar-refractivity contribution < 1.29 is 27.9 Å². The van der Waals surface area contributed by atoms with E-state index in [0.29, 0.717) is 22.8 Å². The van der Waals surface area contributed by atoms with Crippen LogP contribution in [0.4, 0.5) is 41.1 Å². The Morgan fingerprint density at radius 3 is 2.68 bits per heavy atom. The molecule has 0 bridgehead atoms. The Balaban J connectivity index is 1.58. The Labute approximate surface area is 210 Å². The topological polar surface area (TPSA) is 111 Å². The predicted molar refractivity (Wildman–Crippen MR) is 133 cm³/mol. The lowest BCUT2D eigenvalue weighted by atomic mass is 10.1. The number of rotatable bonds is 6. The molecule has 0 spiro atoms. The standard InChI is InChI=1S/C25H25F3N6O3/c1-14-7-8-19(31-22(36)16-5-4-6-18(9-16)25(26,27)28)10-20(14)34-12-17-11-29-23(30-15(2)13-35)32-21(17)33(3)24(34)37/h4-11,15,35H,12-13H2,1-3H3,(H,31,36)(H,29,30,32). The van der Waals surface area contributed by atoms with E-state index in [0.717, 1.165) is 17.7 Å². The summed E-state index contributed by atoms with van der Waals surface area (Å²) in [5.74, 6) is -0.00157. The number of anilines is 4. The molecule has 9 nitrogen and oxygen atoms in total. The van der Waals surface area contributed by atoms with Gasteiger partial charge in [-0.1, -0.05) is 12.1 Å². The van der Waals surface area contributed by atoms with Crippen molar-refractivity contribution in [2.75, 3.05) is 34.1 Å². The number of nitrogens with zero attached hydrogens (tertiary/aromatic N) is 4. The minimum Gasteiger partial charge on any atom is -0.394 e. The fourth-order valence-corrected chi connectivity index (χ4v) is 3.85. The van der Waals surface area contributed by atoms with E-state index in [9.17, 15) is 27.9 Å². The summed E-state index contributed by atoms with van der Waals surface area (Å²) in [7, 11) is 1.58. The quantitative estimate of drug-likeness (QED) is 0.449. The van der Waals surface area contributed by atoms with E-state index < -0.39 is 17.6 Å². The van der Waals surface area contributed by atoms with Crippen LogP contribution in [0, 0.1) is 6.92 Å². The number of aliphatic hydroxyl groups is 1. The molecule has 1 unspecified atom stereocenters. The molecule has 3 N–H and O–H groups in total. The van der Waals surface area contributed by atoms with E-state index in [1.807, 2.05) is 0 Å². The normalized spacial score (nSPS) is 14.3. The molecule has 1 aliphatic heterocycles. The molecule has 0 saturated heterocycles. The maximum Gasteiger partial charge on any atom is 0.416 e. The maximum atomic E-state index is 13.3. The van der Waals surface area contributed by atoms with Crippen LogP contribution in [0.2, 0.25) is 0 Å². The largest absolute Gasteiger partial charge is 0.416 e. The van der Waals surface area contributed by atoms with E-state index in [-0.39, 0.29) is 36.7 Å². The molecule has 1 aromatic heterocycles. The molecule has 2 aromatic carbocycles. The fraction of sp³-hybridized carbons (Fsp3) is 0.280. The van der Waals surface area contributed by atoms with Crippen LogP contribution < -0.4 is 20.4 Å². The average molecular weight is 515 g/mol. The van der Waals surface area contributed by atoms with Crippen molar-refractivity contribution in [2.45, 2.75) is 32.6 Å². The molecule has 0 fully saturated rings. The molecular weight excluding hydrogens is 489 g/mol. The lowest BCUT2D eigenvalue weighted by Crippen LogP contribution is -2.46. The second-order valence-electron chi connectivity index (χ2n) is 8.73. The Morgan fingerprint density at radius 1 is 1.22 bits per heavy atom. The molecule has 12 heteroatoms. The number of amides is 3. The van der Waals surface area contributed by atoms with Gasteiger partial charge < -0.3 is 15.7 Å². The molecule has 3 amide bonds. The summed E-state index contributed by atoms with van der Waals surface area (Å²) in [5, 5.41) is 14.8. The number of aromatic nitrogens is 2. The van der Waals surface area contributed by atoms with Gasteiger partial charge in [0.1, 0.15) is 5.82 Å². The third-order valence-electron chi connectivity index (χ3n) is 5.86. The van der Waals surface area contributed by atoms with Gasteiger partial charge in [-0.15, -0.1) is 0 Å². The molecule has 37 heavy (non-hydrogen) atoms. The summed E-state index contributed by atoms with van der Waals surface area (Å²) in [6.45, 7) is 3.63. The Morgan fingerprint density at radius 2 is 1.97 bits per heavy atom. The predicted octanol–water partition coefficient (Wildman–Crippen LogP) is 4.43. The van der Waals surface area contributed by atoms with E-state index in [1.54, 1.807) is 45.3 Å². The van der Waals surface area contributed by atoms with Crippen molar-refractivity contribution in [3.63, 3.8) is 0 Å². The number of carbonyl (C=O) groups is 2. The molecular formula is C25H25F3N6O3. The summed E-state index contributed by atoms with van der Waals surface area (Å²) in [6, 6.07) is 8.43. The smallest absolute Gasteiger partial charge is 0.394 e. The van der Waals surface area contributed by atoms with Crippen molar-refractivity contribution in [1.29, 1.82) is 0 Å². The lowest BCUT2D eigenvalue weighted by molar-refractivity contribution is -0.137. The minimum absolute atomic E-state index is 0.108. The zero-order valence-corrected chi connectivity index (χ0v) is 20.3. The molecule has 0 saturated carbocycles. The molecule has 1 atom stereocenters. The van der Waals surface area contributed by atoms with Crippen LogP contribution in [0.3, 0.4) is 0 Å². The number of hydrogen-bond acceptors (Lipinski definition) is 6. The highest BCUT2D eigenvalue weighted by atomic mass is 19.4. The number of benzene rings is 2. The second-order valence-corrected chi connectivity index (χ2v) is 8.73. The van der Waals surface area contributed by atoms with E-state index >= 15 is 0 Å². The summed E-state index contributed by atoms with van der Waals surface area (Å²) in [4.78, 5) is 37.5. The van der Waals surface area contributed by atoms with Crippen LogP contribution in [0.1, 0.15) is 34.0 Å². The first-order valence-electron chi connectivity index (χ1n) is 11.4. The van der Waals surface area contributed by atoms with Gasteiger partial charge in [-0.3, -0.25) is 14.6 Å². The van der Waals surface area contributed by atoms with Crippen LogP contribution in [0.5, 0.6) is 0 Å². The Bertz CT molecular complexity index is 1350. The number of urea groups is 1. The van der Waals surface area contributed by atoms with E-state index in [2.05, 4.69) is 20.6 Å². The van der Waals surface area contributed by atoms with E-state index in [4.69, 9.17) is 0 Å². The minimum atomic E-state index is -4.57. The summed E-state index contributed by atoms with van der Waals surface area (Å²) < 4.78 is 39.1. The van der Waals surface area contributed by atoms with Crippen LogP contribution in [-0.2, 0) is 12.7 Å². The van der Waals surface area contributed by atoms with Gasteiger partial charge in [0, 0.05) is 36.1 Å². The van der Waals surface area contributed by atoms with Crippen molar-refractivity contribution >= 4 is 35.1 Å². The average Bonchev–Trinajstić information content (AvgIpc) is 2.87. The lowest BCUT2D eigenvalue weighted by Gasteiger charge is -2.35. The third kappa shape index (κ3) is 5.48. The first-order valence-corrected chi connectivity index (χ1v) is 11.4. The van der Waals surface area contributed by atoms with Crippen LogP contribution in [0.25, 0.3) is 0 Å². The second kappa shape index (κ2) is 10.1. The highest BCUT2D eigenvalue weighted by Gasteiger charge is 2.32. The zero-order valence-electron chi connectivity index (χ0n) is 20.3.